The fourth-order valence-electron chi connectivity index (χ4n) is 3.84. The molecule has 0 amide bonds. The topological polar surface area (TPSA) is 33.7 Å². The molecule has 3 aromatic rings. The number of hydrogen-bond donors (Lipinski definition) is 1. The summed E-state index contributed by atoms with van der Waals surface area (Å²) in [6, 6.07) is 26.9. The fourth-order valence-corrected chi connectivity index (χ4v) is 3.84. The van der Waals surface area contributed by atoms with Gasteiger partial charge in [0.2, 0.25) is 0 Å². The average molecular weight is 370 g/mol. The predicted octanol–water partition coefficient (Wildman–Crippen LogP) is 5.08. The smallest absolute Gasteiger partial charge is 0.195 e. The van der Waals surface area contributed by atoms with Crippen LogP contribution in [0.4, 0.5) is 0 Å². The van der Waals surface area contributed by atoms with Gasteiger partial charge in [-0.25, -0.2) is 0 Å². The van der Waals surface area contributed by atoms with E-state index in [2.05, 4.69) is 52.9 Å². The van der Waals surface area contributed by atoms with Crippen LogP contribution >= 0.6 is 0 Å². The Morgan fingerprint density at radius 3 is 2.46 bits per heavy atom. The van der Waals surface area contributed by atoms with Crippen LogP contribution in [0.5, 0.6) is 11.5 Å². The third-order valence-electron chi connectivity index (χ3n) is 5.16. The molecule has 2 heterocycles. The zero-order valence-corrected chi connectivity index (χ0v) is 15.7. The molecule has 0 spiro atoms. The number of fused-ring (bicyclic) bond motifs is 3. The maximum Gasteiger partial charge on any atom is 0.195 e. The Bertz CT molecular complexity index is 999. The quantitative estimate of drug-likeness (QED) is 0.694. The zero-order chi connectivity index (χ0) is 18.9. The van der Waals surface area contributed by atoms with Crippen molar-refractivity contribution < 1.29 is 9.47 Å². The molecule has 4 nitrogen and oxygen atoms in total. The number of nitrogens with one attached hydrogen (secondary N) is 1. The minimum absolute atomic E-state index is 0.108. The number of ether oxygens (including phenoxy) is 2. The van der Waals surface area contributed by atoms with Crippen molar-refractivity contribution in [1.29, 1.82) is 0 Å². The SMILES string of the molecule is CCOc1ccc(C2=C[C@@H]3c4ccccc4O[C@@H](c4ccccc4)N3N2)cc1. The molecule has 0 bridgehead atoms. The molecule has 3 aromatic carbocycles. The Balaban J connectivity index is 1.52. The van der Waals surface area contributed by atoms with E-state index >= 15 is 0 Å². The standard InChI is InChI=1S/C24H22N2O2/c1-2-27-19-14-12-17(13-15-19)21-16-22-20-10-6-7-11-23(20)28-24(26(22)25-21)18-8-4-3-5-9-18/h3-16,22,24-25H,2H2,1H3/t22-,24+/m1/s1. The summed E-state index contributed by atoms with van der Waals surface area (Å²) < 4.78 is 11.9. The lowest BCUT2D eigenvalue weighted by Crippen LogP contribution is -2.43. The first-order chi connectivity index (χ1) is 13.8. The molecule has 0 saturated carbocycles. The summed E-state index contributed by atoms with van der Waals surface area (Å²) in [6.45, 7) is 2.66. The molecule has 5 rings (SSSR count). The van der Waals surface area contributed by atoms with E-state index < -0.39 is 0 Å². The zero-order valence-electron chi connectivity index (χ0n) is 15.7. The second-order valence-corrected chi connectivity index (χ2v) is 6.92. The molecule has 0 aromatic heterocycles. The van der Waals surface area contributed by atoms with Crippen molar-refractivity contribution in [2.75, 3.05) is 6.61 Å². The summed E-state index contributed by atoms with van der Waals surface area (Å²) in [5, 5.41) is 2.18. The van der Waals surface area contributed by atoms with E-state index in [1.807, 2.05) is 49.4 Å². The molecule has 0 radical (unpaired) electrons. The molecular formula is C24H22N2O2. The molecule has 1 N–H and O–H groups in total. The number of rotatable bonds is 4. The van der Waals surface area contributed by atoms with Gasteiger partial charge in [0.25, 0.3) is 0 Å². The van der Waals surface area contributed by atoms with Crippen molar-refractivity contribution >= 4 is 5.70 Å². The number of nitrogens with zero attached hydrogens (tertiary/aromatic N) is 1. The summed E-state index contributed by atoms with van der Waals surface area (Å²) in [5.41, 5.74) is 8.07. The van der Waals surface area contributed by atoms with Gasteiger partial charge in [-0.15, -0.1) is 0 Å². The summed E-state index contributed by atoms with van der Waals surface area (Å²) in [4.78, 5) is 0. The molecule has 2 aliphatic heterocycles. The average Bonchev–Trinajstić information content (AvgIpc) is 3.20. The molecule has 0 saturated heterocycles. The number of hydrazine groups is 1. The van der Waals surface area contributed by atoms with Gasteiger partial charge in [-0.05, 0) is 48.9 Å². The van der Waals surface area contributed by atoms with E-state index in [0.29, 0.717) is 6.61 Å². The van der Waals surface area contributed by atoms with E-state index in [-0.39, 0.29) is 12.3 Å². The highest BCUT2D eigenvalue weighted by Crippen LogP contribution is 2.45. The first kappa shape index (κ1) is 16.9. The molecule has 140 valence electrons. The van der Waals surface area contributed by atoms with Crippen LogP contribution in [-0.4, -0.2) is 11.6 Å². The van der Waals surface area contributed by atoms with Crippen LogP contribution in [0.3, 0.4) is 0 Å². The van der Waals surface area contributed by atoms with Crippen molar-refractivity contribution in [3.8, 4) is 11.5 Å². The summed E-state index contributed by atoms with van der Waals surface area (Å²) in [6.07, 6.45) is 2.07. The highest BCUT2D eigenvalue weighted by molar-refractivity contribution is 5.68. The van der Waals surface area contributed by atoms with Crippen LogP contribution in [0.25, 0.3) is 5.70 Å². The lowest BCUT2D eigenvalue weighted by molar-refractivity contribution is -0.0326. The Morgan fingerprint density at radius 1 is 0.929 bits per heavy atom. The van der Waals surface area contributed by atoms with E-state index in [1.165, 1.54) is 5.56 Å². The van der Waals surface area contributed by atoms with Gasteiger partial charge in [0.15, 0.2) is 6.23 Å². The molecule has 2 aliphatic rings. The number of para-hydroxylation sites is 1. The van der Waals surface area contributed by atoms with Crippen LogP contribution in [0, 0.1) is 0 Å². The van der Waals surface area contributed by atoms with E-state index in [1.54, 1.807) is 0 Å². The Labute approximate surface area is 165 Å². The molecule has 28 heavy (non-hydrogen) atoms. The maximum atomic E-state index is 6.38. The van der Waals surface area contributed by atoms with Crippen molar-refractivity contribution in [3.63, 3.8) is 0 Å². The fraction of sp³-hybridized carbons (Fsp3) is 0.167. The van der Waals surface area contributed by atoms with Gasteiger partial charge >= 0.3 is 0 Å². The highest BCUT2D eigenvalue weighted by Gasteiger charge is 2.39. The van der Waals surface area contributed by atoms with Gasteiger partial charge in [-0.3, -0.25) is 0 Å². The lowest BCUT2D eigenvalue weighted by Gasteiger charge is -2.38. The van der Waals surface area contributed by atoms with Crippen molar-refractivity contribution in [3.05, 3.63) is 102 Å². The van der Waals surface area contributed by atoms with Crippen LogP contribution in [0.15, 0.2) is 84.9 Å². The minimum Gasteiger partial charge on any atom is -0.494 e. The molecule has 0 fully saturated rings. The third kappa shape index (κ3) is 2.92. The molecule has 0 unspecified atom stereocenters. The van der Waals surface area contributed by atoms with Crippen LogP contribution in [-0.2, 0) is 0 Å². The van der Waals surface area contributed by atoms with Gasteiger partial charge < -0.3 is 14.9 Å². The van der Waals surface area contributed by atoms with E-state index in [9.17, 15) is 0 Å². The Kier molecular flexibility index (Phi) is 4.26. The lowest BCUT2D eigenvalue weighted by atomic mass is 10.0. The van der Waals surface area contributed by atoms with E-state index in [4.69, 9.17) is 9.47 Å². The minimum atomic E-state index is -0.197. The van der Waals surface area contributed by atoms with Crippen molar-refractivity contribution in [1.82, 2.24) is 10.4 Å². The molecular weight excluding hydrogens is 348 g/mol. The van der Waals surface area contributed by atoms with Gasteiger partial charge in [0, 0.05) is 11.1 Å². The highest BCUT2D eigenvalue weighted by atomic mass is 16.5. The summed E-state index contributed by atoms with van der Waals surface area (Å²) in [7, 11) is 0. The summed E-state index contributed by atoms with van der Waals surface area (Å²) >= 11 is 0. The Morgan fingerprint density at radius 2 is 1.68 bits per heavy atom. The molecule has 0 aliphatic carbocycles. The first-order valence-electron chi connectivity index (χ1n) is 9.64. The predicted molar refractivity (Wildman–Crippen MR) is 110 cm³/mol. The normalized spacial score (nSPS) is 20.4. The van der Waals surface area contributed by atoms with E-state index in [0.717, 1.165) is 28.3 Å². The second kappa shape index (κ2) is 7.06. The Hall–Kier alpha value is -3.24. The molecule has 2 atom stereocenters. The number of benzene rings is 3. The van der Waals surface area contributed by atoms with Crippen LogP contribution in [0.2, 0.25) is 0 Å². The van der Waals surface area contributed by atoms with Crippen molar-refractivity contribution in [2.45, 2.75) is 19.2 Å². The van der Waals surface area contributed by atoms with Gasteiger partial charge in [0.1, 0.15) is 11.5 Å². The van der Waals surface area contributed by atoms with Gasteiger partial charge in [-0.1, -0.05) is 48.5 Å². The van der Waals surface area contributed by atoms with Crippen LogP contribution in [0.1, 0.15) is 35.9 Å². The van der Waals surface area contributed by atoms with Gasteiger partial charge in [-0.2, -0.15) is 5.01 Å². The largest absolute Gasteiger partial charge is 0.494 e. The molecule has 4 heteroatoms. The van der Waals surface area contributed by atoms with Gasteiger partial charge in [0.05, 0.1) is 18.3 Å². The maximum absolute atomic E-state index is 6.38. The second-order valence-electron chi connectivity index (χ2n) is 6.92. The van der Waals surface area contributed by atoms with Crippen molar-refractivity contribution in [2.24, 2.45) is 0 Å². The number of hydrogen-bond acceptors (Lipinski definition) is 4. The van der Waals surface area contributed by atoms with Crippen LogP contribution < -0.4 is 14.9 Å². The first-order valence-corrected chi connectivity index (χ1v) is 9.64. The monoisotopic (exact) mass is 370 g/mol. The summed E-state index contributed by atoms with van der Waals surface area (Å²) in [5.74, 6) is 1.82. The third-order valence-corrected chi connectivity index (χ3v) is 5.16.